The molecule has 0 saturated carbocycles. The molecule has 22 heavy (non-hydrogen) atoms. The number of carbonyl (C=O) groups excluding carboxylic acids is 1. The van der Waals surface area contributed by atoms with Gasteiger partial charge in [0.2, 0.25) is 0 Å². The van der Waals surface area contributed by atoms with Gasteiger partial charge in [-0.05, 0) is 44.2 Å². The van der Waals surface area contributed by atoms with Gasteiger partial charge in [-0.3, -0.25) is 4.79 Å². The third kappa shape index (κ3) is 3.33. The van der Waals surface area contributed by atoms with E-state index in [9.17, 15) is 9.59 Å². The van der Waals surface area contributed by atoms with Gasteiger partial charge in [-0.15, -0.1) is 0 Å². The first-order valence-electron chi connectivity index (χ1n) is 6.97. The third-order valence-corrected chi connectivity index (χ3v) is 3.21. The highest BCUT2D eigenvalue weighted by Gasteiger charge is 2.19. The lowest BCUT2D eigenvalue weighted by Gasteiger charge is -2.13. The molecule has 0 spiro atoms. The molecule has 6 nitrogen and oxygen atoms in total. The summed E-state index contributed by atoms with van der Waals surface area (Å²) in [7, 11) is 1.59. The van der Waals surface area contributed by atoms with E-state index < -0.39 is 12.0 Å². The number of hydrogen-bond donors (Lipinski definition) is 0. The summed E-state index contributed by atoms with van der Waals surface area (Å²) in [5.41, 5.74) is 1.07. The molecule has 0 N–H and O–H groups in total. The van der Waals surface area contributed by atoms with Gasteiger partial charge in [-0.25, -0.2) is 9.48 Å². The third-order valence-electron chi connectivity index (χ3n) is 3.21. The summed E-state index contributed by atoms with van der Waals surface area (Å²) in [4.78, 5) is 23.7. The van der Waals surface area contributed by atoms with E-state index in [0.717, 1.165) is 16.0 Å². The van der Waals surface area contributed by atoms with Crippen molar-refractivity contribution < 1.29 is 14.3 Å². The van der Waals surface area contributed by atoms with Crippen LogP contribution in [0, 0.1) is 0 Å². The lowest BCUT2D eigenvalue weighted by Crippen LogP contribution is -2.31. The van der Waals surface area contributed by atoms with Crippen molar-refractivity contribution in [2.75, 3.05) is 13.7 Å². The minimum Gasteiger partial charge on any atom is -0.497 e. The summed E-state index contributed by atoms with van der Waals surface area (Å²) in [5, 5.41) is 4.26. The van der Waals surface area contributed by atoms with Crippen molar-refractivity contribution in [3.8, 4) is 17.0 Å². The second kappa shape index (κ2) is 6.89. The van der Waals surface area contributed by atoms with Gasteiger partial charge in [0.1, 0.15) is 5.75 Å². The predicted octanol–water partition coefficient (Wildman–Crippen LogP) is 2.04. The number of ether oxygens (including phenoxy) is 2. The molecule has 116 valence electrons. The van der Waals surface area contributed by atoms with Crippen molar-refractivity contribution in [2.24, 2.45) is 0 Å². The predicted molar refractivity (Wildman–Crippen MR) is 81.8 cm³/mol. The van der Waals surface area contributed by atoms with E-state index in [2.05, 4.69) is 5.10 Å². The molecule has 1 aromatic carbocycles. The number of benzene rings is 1. The number of methoxy groups -OCH3 is 1. The van der Waals surface area contributed by atoms with Crippen LogP contribution in [0.4, 0.5) is 0 Å². The number of nitrogens with zero attached hydrogens (tertiary/aromatic N) is 2. The van der Waals surface area contributed by atoms with Crippen LogP contribution in [0.2, 0.25) is 0 Å². The fourth-order valence-electron chi connectivity index (χ4n) is 1.98. The zero-order chi connectivity index (χ0) is 16.1. The minimum atomic E-state index is -0.773. The smallest absolute Gasteiger partial charge is 0.330 e. The van der Waals surface area contributed by atoms with Crippen molar-refractivity contribution in [1.29, 1.82) is 0 Å². The minimum absolute atomic E-state index is 0.260. The largest absolute Gasteiger partial charge is 0.497 e. The van der Waals surface area contributed by atoms with E-state index in [4.69, 9.17) is 9.47 Å². The molecule has 1 aromatic heterocycles. The van der Waals surface area contributed by atoms with Crippen LogP contribution in [-0.2, 0) is 9.53 Å². The molecule has 1 atom stereocenters. The maximum Gasteiger partial charge on any atom is 0.330 e. The zero-order valence-electron chi connectivity index (χ0n) is 12.8. The fourth-order valence-corrected chi connectivity index (χ4v) is 1.98. The van der Waals surface area contributed by atoms with Gasteiger partial charge >= 0.3 is 5.97 Å². The number of carbonyl (C=O) groups is 1. The van der Waals surface area contributed by atoms with Crippen LogP contribution < -0.4 is 10.3 Å². The van der Waals surface area contributed by atoms with Crippen molar-refractivity contribution in [3.05, 3.63) is 46.8 Å². The molecule has 0 amide bonds. The van der Waals surface area contributed by atoms with Crippen LogP contribution >= 0.6 is 0 Å². The summed E-state index contributed by atoms with van der Waals surface area (Å²) in [6, 6.07) is 9.53. The van der Waals surface area contributed by atoms with E-state index in [1.165, 1.54) is 6.07 Å². The Morgan fingerprint density at radius 2 is 1.91 bits per heavy atom. The Bertz CT molecular complexity index is 707. The number of hydrogen-bond acceptors (Lipinski definition) is 5. The Balaban J connectivity index is 2.37. The molecule has 0 saturated heterocycles. The van der Waals surface area contributed by atoms with Crippen LogP contribution in [0.15, 0.2) is 41.2 Å². The molecule has 0 radical (unpaired) electrons. The highest BCUT2D eigenvalue weighted by molar-refractivity contribution is 5.73. The molecule has 2 aromatic rings. The van der Waals surface area contributed by atoms with Crippen LogP contribution in [0.1, 0.15) is 19.9 Å². The van der Waals surface area contributed by atoms with Crippen molar-refractivity contribution in [3.63, 3.8) is 0 Å². The highest BCUT2D eigenvalue weighted by atomic mass is 16.5. The first-order valence-corrected chi connectivity index (χ1v) is 6.97. The van der Waals surface area contributed by atoms with Crippen molar-refractivity contribution in [1.82, 2.24) is 9.78 Å². The number of aromatic nitrogens is 2. The maximum atomic E-state index is 11.9. The zero-order valence-corrected chi connectivity index (χ0v) is 12.8. The Morgan fingerprint density at radius 1 is 1.23 bits per heavy atom. The van der Waals surface area contributed by atoms with E-state index in [1.54, 1.807) is 39.2 Å². The quantitative estimate of drug-likeness (QED) is 0.790. The average Bonchev–Trinajstić information content (AvgIpc) is 2.55. The van der Waals surface area contributed by atoms with Gasteiger partial charge < -0.3 is 9.47 Å². The first kappa shape index (κ1) is 15.8. The van der Waals surface area contributed by atoms with Gasteiger partial charge in [0, 0.05) is 11.6 Å². The summed E-state index contributed by atoms with van der Waals surface area (Å²) < 4.78 is 11.2. The van der Waals surface area contributed by atoms with Crippen molar-refractivity contribution in [2.45, 2.75) is 19.9 Å². The molecule has 0 fully saturated rings. The molecular weight excluding hydrogens is 284 g/mol. The molecule has 0 aliphatic rings. The molecule has 0 bridgehead atoms. The number of rotatable bonds is 5. The fraction of sp³-hybridized carbons (Fsp3) is 0.312. The molecule has 1 unspecified atom stereocenters. The molecular formula is C16H18N2O4. The summed E-state index contributed by atoms with van der Waals surface area (Å²) in [6.45, 7) is 3.56. The van der Waals surface area contributed by atoms with Gasteiger partial charge in [0.25, 0.3) is 5.56 Å². The van der Waals surface area contributed by atoms with Gasteiger partial charge in [-0.1, -0.05) is 0 Å². The second-order valence-electron chi connectivity index (χ2n) is 4.66. The van der Waals surface area contributed by atoms with Gasteiger partial charge in [0.15, 0.2) is 6.04 Å². The summed E-state index contributed by atoms with van der Waals surface area (Å²) >= 11 is 0. The van der Waals surface area contributed by atoms with E-state index in [0.29, 0.717) is 5.69 Å². The lowest BCUT2D eigenvalue weighted by molar-refractivity contribution is -0.147. The van der Waals surface area contributed by atoms with Crippen LogP contribution in [0.5, 0.6) is 5.75 Å². The van der Waals surface area contributed by atoms with Crippen molar-refractivity contribution >= 4 is 5.97 Å². The van der Waals surface area contributed by atoms with Crippen LogP contribution in [-0.4, -0.2) is 29.5 Å². The Morgan fingerprint density at radius 3 is 2.50 bits per heavy atom. The SMILES string of the molecule is CCOC(=O)C(C)n1nc(-c2ccc(OC)cc2)ccc1=O. The van der Waals surface area contributed by atoms with E-state index in [1.807, 2.05) is 12.1 Å². The van der Waals surface area contributed by atoms with Gasteiger partial charge in [-0.2, -0.15) is 5.10 Å². The number of esters is 1. The first-order chi connectivity index (χ1) is 10.6. The Kier molecular flexibility index (Phi) is 4.93. The Hall–Kier alpha value is -2.63. The average molecular weight is 302 g/mol. The lowest BCUT2D eigenvalue weighted by atomic mass is 10.1. The Labute approximate surface area is 128 Å². The van der Waals surface area contributed by atoms with Gasteiger partial charge in [0.05, 0.1) is 19.4 Å². The molecule has 6 heteroatoms. The topological polar surface area (TPSA) is 70.4 Å². The van der Waals surface area contributed by atoms with Crippen LogP contribution in [0.25, 0.3) is 11.3 Å². The monoisotopic (exact) mass is 302 g/mol. The maximum absolute atomic E-state index is 11.9. The van der Waals surface area contributed by atoms with E-state index in [-0.39, 0.29) is 12.2 Å². The normalized spacial score (nSPS) is 11.8. The molecule has 0 aliphatic carbocycles. The second-order valence-corrected chi connectivity index (χ2v) is 4.66. The van der Waals surface area contributed by atoms with E-state index >= 15 is 0 Å². The summed E-state index contributed by atoms with van der Waals surface area (Å²) in [6.07, 6.45) is 0. The standard InChI is InChI=1S/C16H18N2O4/c1-4-22-16(20)11(2)18-15(19)10-9-14(17-18)12-5-7-13(21-3)8-6-12/h5-11H,4H2,1-3H3. The van der Waals surface area contributed by atoms with Crippen LogP contribution in [0.3, 0.4) is 0 Å². The highest BCUT2D eigenvalue weighted by Crippen LogP contribution is 2.20. The molecule has 2 rings (SSSR count). The molecule has 0 aliphatic heterocycles. The molecule has 1 heterocycles. The summed E-state index contributed by atoms with van der Waals surface area (Å²) in [5.74, 6) is 0.251.